The molecule has 2 heterocycles. The Morgan fingerprint density at radius 3 is 2.59 bits per heavy atom. The van der Waals surface area contributed by atoms with Gasteiger partial charge < -0.3 is 4.90 Å². The molecule has 6 nitrogen and oxygen atoms in total. The Hall–Kier alpha value is -1.08. The van der Waals surface area contributed by atoms with Crippen LogP contribution in [0.15, 0.2) is 0 Å². The highest BCUT2D eigenvalue weighted by Gasteiger charge is 2.36. The molecular formula is C14H22ClN3O3S. The van der Waals surface area contributed by atoms with Gasteiger partial charge >= 0.3 is 0 Å². The van der Waals surface area contributed by atoms with E-state index >= 15 is 0 Å². The zero-order valence-corrected chi connectivity index (χ0v) is 14.9. The second kappa shape index (κ2) is 6.20. The van der Waals surface area contributed by atoms with E-state index in [-0.39, 0.29) is 11.9 Å². The number of amides is 1. The van der Waals surface area contributed by atoms with E-state index in [1.807, 2.05) is 6.92 Å². The molecule has 8 heteroatoms. The second-order valence-electron chi connectivity index (χ2n) is 6.01. The van der Waals surface area contributed by atoms with E-state index in [0.717, 1.165) is 24.1 Å². The van der Waals surface area contributed by atoms with Crippen LogP contribution in [0.2, 0.25) is 5.15 Å². The highest BCUT2D eigenvalue weighted by atomic mass is 35.5. The summed E-state index contributed by atoms with van der Waals surface area (Å²) in [5.74, 6) is -0.798. The standard InChI is InChI=1S/C14H22ClN3O3S/c1-9(2)22(20,21)8-12(19)18-7-5-6-11(18)13-10(3)16-17(4)14(13)15/h9,11H,5-8H2,1-4H3/t11-/m0/s1. The van der Waals surface area contributed by atoms with Gasteiger partial charge in [-0.05, 0) is 33.6 Å². The Morgan fingerprint density at radius 2 is 2.09 bits per heavy atom. The lowest BCUT2D eigenvalue weighted by Gasteiger charge is -2.25. The van der Waals surface area contributed by atoms with Crippen LogP contribution in [0.3, 0.4) is 0 Å². The number of hydrogen-bond acceptors (Lipinski definition) is 4. The fourth-order valence-electron chi connectivity index (χ4n) is 2.81. The van der Waals surface area contributed by atoms with E-state index in [9.17, 15) is 13.2 Å². The Bertz CT molecular complexity index is 682. The molecular weight excluding hydrogens is 326 g/mol. The minimum atomic E-state index is -3.40. The molecule has 0 N–H and O–H groups in total. The summed E-state index contributed by atoms with van der Waals surface area (Å²) in [5, 5.41) is 4.23. The van der Waals surface area contributed by atoms with Gasteiger partial charge in [0.2, 0.25) is 5.91 Å². The molecule has 0 unspecified atom stereocenters. The molecule has 1 aliphatic rings. The number of hydrogen-bond donors (Lipinski definition) is 0. The van der Waals surface area contributed by atoms with Crippen molar-refractivity contribution in [2.24, 2.45) is 7.05 Å². The van der Waals surface area contributed by atoms with E-state index in [1.54, 1.807) is 30.5 Å². The third kappa shape index (κ3) is 3.15. The molecule has 1 saturated heterocycles. The zero-order chi connectivity index (χ0) is 16.7. The molecule has 1 aliphatic heterocycles. The number of carbonyl (C=O) groups is 1. The lowest BCUT2D eigenvalue weighted by Crippen LogP contribution is -2.37. The van der Waals surface area contributed by atoms with Gasteiger partial charge in [-0.3, -0.25) is 9.48 Å². The Kier molecular flexibility index (Phi) is 4.87. The highest BCUT2D eigenvalue weighted by Crippen LogP contribution is 2.37. The lowest BCUT2D eigenvalue weighted by atomic mass is 10.1. The van der Waals surface area contributed by atoms with Crippen LogP contribution < -0.4 is 0 Å². The van der Waals surface area contributed by atoms with Crippen molar-refractivity contribution < 1.29 is 13.2 Å². The fourth-order valence-corrected chi connectivity index (χ4v) is 3.96. The SMILES string of the molecule is Cc1nn(C)c(Cl)c1[C@@H]1CCCN1C(=O)CS(=O)(=O)C(C)C. The number of carbonyl (C=O) groups excluding carboxylic acids is 1. The van der Waals surface area contributed by atoms with Crippen LogP contribution in [-0.4, -0.2) is 46.6 Å². The highest BCUT2D eigenvalue weighted by molar-refractivity contribution is 7.92. The third-order valence-corrected chi connectivity index (χ3v) is 6.68. The minimum absolute atomic E-state index is 0.184. The van der Waals surface area contributed by atoms with E-state index < -0.39 is 20.8 Å². The average Bonchev–Trinajstić information content (AvgIpc) is 2.95. The summed E-state index contributed by atoms with van der Waals surface area (Å²) < 4.78 is 25.6. The van der Waals surface area contributed by atoms with Gasteiger partial charge in [0.15, 0.2) is 9.84 Å². The van der Waals surface area contributed by atoms with Gasteiger partial charge in [-0.15, -0.1) is 0 Å². The molecule has 0 saturated carbocycles. The predicted octanol–water partition coefficient (Wildman–Crippen LogP) is 1.87. The maximum absolute atomic E-state index is 12.5. The summed E-state index contributed by atoms with van der Waals surface area (Å²) in [6, 6.07) is -0.184. The maximum Gasteiger partial charge on any atom is 0.238 e. The molecule has 1 aromatic heterocycles. The van der Waals surface area contributed by atoms with E-state index in [4.69, 9.17) is 11.6 Å². The monoisotopic (exact) mass is 347 g/mol. The first kappa shape index (κ1) is 17.3. The van der Waals surface area contributed by atoms with Crippen LogP contribution in [-0.2, 0) is 21.7 Å². The topological polar surface area (TPSA) is 72.3 Å². The van der Waals surface area contributed by atoms with Crippen LogP contribution in [0, 0.1) is 6.92 Å². The fraction of sp³-hybridized carbons (Fsp3) is 0.714. The molecule has 1 aromatic rings. The van der Waals surface area contributed by atoms with Crippen molar-refractivity contribution in [3.63, 3.8) is 0 Å². The van der Waals surface area contributed by atoms with E-state index in [1.165, 1.54) is 0 Å². The molecule has 2 rings (SSSR count). The van der Waals surface area contributed by atoms with Crippen LogP contribution in [0.5, 0.6) is 0 Å². The molecule has 0 bridgehead atoms. The zero-order valence-electron chi connectivity index (χ0n) is 13.3. The van der Waals surface area contributed by atoms with Gasteiger partial charge in [0.25, 0.3) is 0 Å². The Labute approximate surface area is 136 Å². The molecule has 1 amide bonds. The van der Waals surface area contributed by atoms with Gasteiger partial charge in [0, 0.05) is 19.2 Å². The Balaban J connectivity index is 2.26. The predicted molar refractivity (Wildman–Crippen MR) is 85.6 cm³/mol. The summed E-state index contributed by atoms with van der Waals surface area (Å²) in [4.78, 5) is 14.1. The first-order valence-electron chi connectivity index (χ1n) is 7.35. The van der Waals surface area contributed by atoms with Gasteiger partial charge in [0.05, 0.1) is 17.0 Å². The average molecular weight is 348 g/mol. The van der Waals surface area contributed by atoms with Gasteiger partial charge in [-0.2, -0.15) is 5.10 Å². The van der Waals surface area contributed by atoms with Crippen LogP contribution in [0.25, 0.3) is 0 Å². The first-order valence-corrected chi connectivity index (χ1v) is 9.44. The summed E-state index contributed by atoms with van der Waals surface area (Å²) >= 11 is 6.29. The van der Waals surface area contributed by atoms with Gasteiger partial charge in [-0.25, -0.2) is 8.42 Å². The summed E-state index contributed by atoms with van der Waals surface area (Å²) in [6.45, 7) is 5.59. The smallest absolute Gasteiger partial charge is 0.238 e. The van der Waals surface area contributed by atoms with Crippen LogP contribution in [0.4, 0.5) is 0 Å². The quantitative estimate of drug-likeness (QED) is 0.833. The molecule has 0 spiro atoms. The van der Waals surface area contributed by atoms with E-state index in [2.05, 4.69) is 5.10 Å². The number of likely N-dealkylation sites (tertiary alicyclic amines) is 1. The first-order chi connectivity index (χ1) is 10.1. The van der Waals surface area contributed by atoms with Crippen molar-refractivity contribution in [3.8, 4) is 0 Å². The minimum Gasteiger partial charge on any atom is -0.335 e. The molecule has 1 atom stereocenters. The molecule has 0 aliphatic carbocycles. The van der Waals surface area contributed by atoms with Crippen molar-refractivity contribution in [2.45, 2.75) is 44.9 Å². The number of rotatable bonds is 4. The maximum atomic E-state index is 12.5. The summed E-state index contributed by atoms with van der Waals surface area (Å²) in [5.41, 5.74) is 1.61. The van der Waals surface area contributed by atoms with Crippen molar-refractivity contribution in [1.29, 1.82) is 0 Å². The van der Waals surface area contributed by atoms with Gasteiger partial charge in [0.1, 0.15) is 10.9 Å². The number of nitrogens with zero attached hydrogens (tertiary/aromatic N) is 3. The second-order valence-corrected chi connectivity index (χ2v) is 8.93. The normalized spacial score (nSPS) is 19.2. The van der Waals surface area contributed by atoms with Gasteiger partial charge in [-0.1, -0.05) is 11.6 Å². The third-order valence-electron chi connectivity index (χ3n) is 4.15. The largest absolute Gasteiger partial charge is 0.335 e. The molecule has 1 fully saturated rings. The van der Waals surface area contributed by atoms with E-state index in [0.29, 0.717) is 11.7 Å². The van der Waals surface area contributed by atoms with Crippen molar-refractivity contribution in [3.05, 3.63) is 16.4 Å². The van der Waals surface area contributed by atoms with Crippen LogP contribution >= 0.6 is 11.6 Å². The number of aryl methyl sites for hydroxylation is 2. The van der Waals surface area contributed by atoms with Crippen molar-refractivity contribution in [2.75, 3.05) is 12.3 Å². The molecule has 0 radical (unpaired) electrons. The molecule has 0 aromatic carbocycles. The molecule has 22 heavy (non-hydrogen) atoms. The number of sulfone groups is 1. The summed E-state index contributed by atoms with van der Waals surface area (Å²) in [6.07, 6.45) is 1.61. The van der Waals surface area contributed by atoms with Crippen molar-refractivity contribution >= 4 is 27.3 Å². The molecule has 124 valence electrons. The Morgan fingerprint density at radius 1 is 1.45 bits per heavy atom. The van der Waals surface area contributed by atoms with Crippen molar-refractivity contribution in [1.82, 2.24) is 14.7 Å². The number of halogens is 1. The number of aromatic nitrogens is 2. The summed E-state index contributed by atoms with van der Waals surface area (Å²) in [7, 11) is -1.65. The van der Waals surface area contributed by atoms with Crippen LogP contribution in [0.1, 0.15) is 44.0 Å². The lowest BCUT2D eigenvalue weighted by molar-refractivity contribution is -0.129.